The Labute approximate surface area is 178 Å². The largest absolute Gasteiger partial charge is 0.368 e. The van der Waals surface area contributed by atoms with E-state index in [-0.39, 0.29) is 0 Å². The van der Waals surface area contributed by atoms with Crippen LogP contribution in [0.15, 0.2) is 59.4 Å². The van der Waals surface area contributed by atoms with Gasteiger partial charge in [-0.15, -0.1) is 0 Å². The molecule has 0 spiro atoms. The summed E-state index contributed by atoms with van der Waals surface area (Å²) in [4.78, 5) is 25.7. The molecule has 0 radical (unpaired) electrons. The highest BCUT2D eigenvalue weighted by Gasteiger charge is 2.34. The molecule has 3 aliphatic rings. The molecule has 5 heteroatoms. The summed E-state index contributed by atoms with van der Waals surface area (Å²) < 4.78 is 0. The molecule has 1 saturated heterocycles. The molecule has 2 fully saturated rings. The predicted octanol–water partition coefficient (Wildman–Crippen LogP) is 3.81. The summed E-state index contributed by atoms with van der Waals surface area (Å²) in [5.41, 5.74) is 5.90. The summed E-state index contributed by atoms with van der Waals surface area (Å²) in [6.45, 7) is 4.39. The number of hydrogen-bond acceptors (Lipinski definition) is 4. The minimum atomic E-state index is 0.323. The molecule has 3 heterocycles. The van der Waals surface area contributed by atoms with Crippen molar-refractivity contribution in [1.29, 1.82) is 0 Å². The van der Waals surface area contributed by atoms with Crippen LogP contribution in [0, 0.1) is 5.92 Å². The highest BCUT2D eigenvalue weighted by atomic mass is 16.2. The highest BCUT2D eigenvalue weighted by Crippen LogP contribution is 2.31. The summed E-state index contributed by atoms with van der Waals surface area (Å²) in [6, 6.07) is 12.8. The maximum atomic E-state index is 12.3. The zero-order valence-electron chi connectivity index (χ0n) is 17.3. The lowest BCUT2D eigenvalue weighted by Gasteiger charge is -2.36. The minimum Gasteiger partial charge on any atom is -0.368 e. The first-order valence-corrected chi connectivity index (χ1v) is 11.1. The zero-order valence-corrected chi connectivity index (χ0v) is 17.3. The maximum absolute atomic E-state index is 12.3. The number of carbonyl (C=O) groups is 1. The van der Waals surface area contributed by atoms with E-state index in [0.717, 1.165) is 69.7 Å². The number of carbonyl (C=O) groups excluding carboxylic acids is 1. The van der Waals surface area contributed by atoms with E-state index < -0.39 is 0 Å². The Morgan fingerprint density at radius 3 is 2.53 bits per heavy atom. The van der Waals surface area contributed by atoms with E-state index in [0.29, 0.717) is 11.8 Å². The second-order valence-electron chi connectivity index (χ2n) is 8.42. The Bertz CT molecular complexity index is 952. The molecule has 0 atom stereocenters. The summed E-state index contributed by atoms with van der Waals surface area (Å²) in [7, 11) is 0. The number of amides is 1. The van der Waals surface area contributed by atoms with Crippen molar-refractivity contribution in [2.24, 2.45) is 10.9 Å². The number of nitrogens with zero attached hydrogens (tertiary/aromatic N) is 4. The normalized spacial score (nSPS) is 20.9. The van der Waals surface area contributed by atoms with Gasteiger partial charge in [0.15, 0.2) is 0 Å². The number of anilines is 1. The van der Waals surface area contributed by atoms with Gasteiger partial charge < -0.3 is 9.80 Å². The molecule has 1 aromatic carbocycles. The minimum absolute atomic E-state index is 0.323. The fourth-order valence-corrected chi connectivity index (χ4v) is 4.36. The van der Waals surface area contributed by atoms with Gasteiger partial charge in [-0.3, -0.25) is 14.8 Å². The average Bonchev–Trinajstić information content (AvgIpc) is 3.66. The molecule has 2 aliphatic heterocycles. The third-order valence-electron chi connectivity index (χ3n) is 6.23. The Morgan fingerprint density at radius 2 is 1.83 bits per heavy atom. The van der Waals surface area contributed by atoms with Crippen LogP contribution < -0.4 is 4.90 Å². The quantitative estimate of drug-likeness (QED) is 0.784. The number of pyridine rings is 1. The first-order chi connectivity index (χ1) is 14.8. The fraction of sp³-hybridized carbons (Fsp3) is 0.400. The van der Waals surface area contributed by atoms with Gasteiger partial charge in [0.1, 0.15) is 0 Å². The van der Waals surface area contributed by atoms with Gasteiger partial charge in [0.25, 0.3) is 0 Å². The monoisotopic (exact) mass is 400 g/mol. The molecule has 0 N–H and O–H groups in total. The molecule has 1 aliphatic carbocycles. The summed E-state index contributed by atoms with van der Waals surface area (Å²) in [6.07, 6.45) is 10.3. The summed E-state index contributed by atoms with van der Waals surface area (Å²) in [5, 5.41) is 0. The van der Waals surface area contributed by atoms with E-state index in [4.69, 9.17) is 4.99 Å². The molecule has 1 aromatic heterocycles. The lowest BCUT2D eigenvalue weighted by atomic mass is 9.95. The molecule has 30 heavy (non-hydrogen) atoms. The van der Waals surface area contributed by atoms with E-state index in [1.807, 2.05) is 12.3 Å². The second kappa shape index (κ2) is 8.42. The molecule has 154 valence electrons. The van der Waals surface area contributed by atoms with Gasteiger partial charge in [-0.05, 0) is 67.2 Å². The molecular formula is C25H28N4O. The van der Waals surface area contributed by atoms with Crippen molar-refractivity contribution in [3.63, 3.8) is 0 Å². The Kier molecular flexibility index (Phi) is 5.35. The molecule has 2 aromatic rings. The molecule has 1 amide bonds. The molecule has 5 nitrogen and oxygen atoms in total. The van der Waals surface area contributed by atoms with E-state index in [2.05, 4.69) is 51.2 Å². The van der Waals surface area contributed by atoms with Crippen LogP contribution in [0.5, 0.6) is 0 Å². The fourth-order valence-electron chi connectivity index (χ4n) is 4.36. The first-order valence-electron chi connectivity index (χ1n) is 11.1. The average molecular weight is 401 g/mol. The van der Waals surface area contributed by atoms with Gasteiger partial charge in [-0.25, -0.2) is 0 Å². The third-order valence-corrected chi connectivity index (χ3v) is 6.23. The van der Waals surface area contributed by atoms with Gasteiger partial charge in [-0.2, -0.15) is 0 Å². The van der Waals surface area contributed by atoms with E-state index in [9.17, 15) is 4.79 Å². The number of aromatic nitrogens is 1. The van der Waals surface area contributed by atoms with Crippen LogP contribution in [0.25, 0.3) is 6.08 Å². The summed E-state index contributed by atoms with van der Waals surface area (Å²) >= 11 is 0. The number of allylic oxidation sites excluding steroid dienone is 1. The van der Waals surface area contributed by atoms with Gasteiger partial charge in [0, 0.05) is 62.3 Å². The number of aliphatic imine (C=N–C) groups is 1. The smallest absolute Gasteiger partial charge is 0.225 e. The molecule has 5 rings (SSSR count). The number of rotatable bonds is 4. The van der Waals surface area contributed by atoms with E-state index >= 15 is 0 Å². The first kappa shape index (κ1) is 19.0. The highest BCUT2D eigenvalue weighted by molar-refractivity contribution is 6.15. The number of benzene rings is 1. The van der Waals surface area contributed by atoms with Crippen LogP contribution in [0.2, 0.25) is 0 Å². The molecule has 0 unspecified atom stereocenters. The topological polar surface area (TPSA) is 48.8 Å². The molecule has 1 saturated carbocycles. The van der Waals surface area contributed by atoms with Crippen LogP contribution in [-0.2, 0) is 4.79 Å². The standard InChI is InChI=1S/C25H28N4O/c30-25(20-7-8-20)29-15-13-28(14-16-29)23-9-5-19(6-10-23)17-21-3-2-12-27-24(21)22-4-1-11-26-18-22/h1,4-6,9-11,17-18,20H,2-3,7-8,12-16H2/b21-17+. The van der Waals surface area contributed by atoms with Gasteiger partial charge >= 0.3 is 0 Å². The lowest BCUT2D eigenvalue weighted by molar-refractivity contribution is -0.132. The van der Waals surface area contributed by atoms with Crippen LogP contribution in [0.1, 0.15) is 36.8 Å². The number of piperazine rings is 1. The van der Waals surface area contributed by atoms with Crippen molar-refractivity contribution in [2.75, 3.05) is 37.6 Å². The predicted molar refractivity (Wildman–Crippen MR) is 121 cm³/mol. The van der Waals surface area contributed by atoms with Crippen molar-refractivity contribution in [3.8, 4) is 0 Å². The van der Waals surface area contributed by atoms with Crippen molar-refractivity contribution in [2.45, 2.75) is 25.7 Å². The maximum Gasteiger partial charge on any atom is 0.225 e. The van der Waals surface area contributed by atoms with Crippen LogP contribution in [-0.4, -0.2) is 54.2 Å². The lowest BCUT2D eigenvalue weighted by Crippen LogP contribution is -2.49. The SMILES string of the molecule is O=C(C1CC1)N1CCN(c2ccc(/C=C3\CCCN=C3c3cccnc3)cc2)CC1. The third kappa shape index (κ3) is 4.16. The Hall–Kier alpha value is -2.95. The van der Waals surface area contributed by atoms with Gasteiger partial charge in [0.2, 0.25) is 5.91 Å². The van der Waals surface area contributed by atoms with E-state index in [1.165, 1.54) is 16.8 Å². The Morgan fingerprint density at radius 1 is 1.03 bits per heavy atom. The molecule has 0 bridgehead atoms. The van der Waals surface area contributed by atoms with Crippen molar-refractivity contribution in [1.82, 2.24) is 9.88 Å². The van der Waals surface area contributed by atoms with E-state index in [1.54, 1.807) is 6.20 Å². The van der Waals surface area contributed by atoms with Crippen molar-refractivity contribution < 1.29 is 4.79 Å². The van der Waals surface area contributed by atoms with Crippen LogP contribution in [0.4, 0.5) is 5.69 Å². The van der Waals surface area contributed by atoms with Gasteiger partial charge in [-0.1, -0.05) is 12.1 Å². The van der Waals surface area contributed by atoms with Crippen molar-refractivity contribution >= 4 is 23.4 Å². The summed E-state index contributed by atoms with van der Waals surface area (Å²) in [5.74, 6) is 0.693. The molecular weight excluding hydrogens is 372 g/mol. The second-order valence-corrected chi connectivity index (χ2v) is 8.42. The van der Waals surface area contributed by atoms with Crippen molar-refractivity contribution in [3.05, 3.63) is 65.5 Å². The van der Waals surface area contributed by atoms with Crippen LogP contribution >= 0.6 is 0 Å². The van der Waals surface area contributed by atoms with Crippen LogP contribution in [0.3, 0.4) is 0 Å². The number of hydrogen-bond donors (Lipinski definition) is 0. The van der Waals surface area contributed by atoms with Gasteiger partial charge in [0.05, 0.1) is 5.71 Å². The Balaban J connectivity index is 1.26. The zero-order chi connectivity index (χ0) is 20.3.